The van der Waals surface area contributed by atoms with Crippen LogP contribution in [0.4, 0.5) is 0 Å². The van der Waals surface area contributed by atoms with Crippen LogP contribution < -0.4 is 10.1 Å². The Morgan fingerprint density at radius 2 is 2.05 bits per heavy atom. The number of fused-ring (bicyclic) bond motifs is 2. The number of hydrogen-bond acceptors (Lipinski definition) is 3. The van der Waals surface area contributed by atoms with Crippen molar-refractivity contribution in [2.75, 3.05) is 32.7 Å². The fourth-order valence-corrected chi connectivity index (χ4v) is 3.98. The van der Waals surface area contributed by atoms with Crippen molar-refractivity contribution < 1.29 is 4.74 Å². The van der Waals surface area contributed by atoms with Gasteiger partial charge in [-0.3, -0.25) is 4.90 Å². The lowest BCUT2D eigenvalue weighted by atomic mass is 10.0. The first kappa shape index (κ1) is 12.0. The van der Waals surface area contributed by atoms with Gasteiger partial charge >= 0.3 is 0 Å². The van der Waals surface area contributed by atoms with E-state index in [1.165, 1.54) is 31.7 Å². The molecule has 0 amide bonds. The summed E-state index contributed by atoms with van der Waals surface area (Å²) < 4.78 is 6.03. The van der Waals surface area contributed by atoms with Crippen molar-refractivity contribution in [2.45, 2.75) is 12.5 Å². The van der Waals surface area contributed by atoms with Crippen molar-refractivity contribution in [3.8, 4) is 5.75 Å². The highest BCUT2D eigenvalue weighted by Crippen LogP contribution is 2.33. The van der Waals surface area contributed by atoms with Crippen LogP contribution in [-0.4, -0.2) is 43.7 Å². The summed E-state index contributed by atoms with van der Waals surface area (Å²) in [5.41, 5.74) is 1.26. The van der Waals surface area contributed by atoms with E-state index < -0.39 is 0 Å². The molecule has 4 rings (SSSR count). The first-order chi connectivity index (χ1) is 9.28. The summed E-state index contributed by atoms with van der Waals surface area (Å²) >= 11 is 6.03. The van der Waals surface area contributed by atoms with Crippen LogP contribution in [0.25, 0.3) is 0 Å². The molecule has 19 heavy (non-hydrogen) atoms. The van der Waals surface area contributed by atoms with E-state index in [-0.39, 0.29) is 0 Å². The molecular weight excluding hydrogens is 260 g/mol. The third-order valence-corrected chi connectivity index (χ3v) is 4.93. The van der Waals surface area contributed by atoms with Crippen molar-refractivity contribution in [2.24, 2.45) is 11.8 Å². The molecule has 3 atom stereocenters. The average Bonchev–Trinajstić information content (AvgIpc) is 3.01. The molecule has 1 aromatic rings. The minimum absolute atomic E-state index is 0.306. The van der Waals surface area contributed by atoms with E-state index in [0.717, 1.165) is 35.6 Å². The van der Waals surface area contributed by atoms with Gasteiger partial charge in [-0.15, -0.1) is 0 Å². The first-order valence-corrected chi connectivity index (χ1v) is 7.54. The highest BCUT2D eigenvalue weighted by atomic mass is 35.5. The van der Waals surface area contributed by atoms with Crippen molar-refractivity contribution in [3.05, 3.63) is 28.8 Å². The second kappa shape index (κ2) is 4.65. The van der Waals surface area contributed by atoms with Crippen LogP contribution in [0.3, 0.4) is 0 Å². The largest absolute Gasteiger partial charge is 0.488 e. The minimum Gasteiger partial charge on any atom is -0.488 e. The maximum absolute atomic E-state index is 6.03. The maximum atomic E-state index is 6.03. The number of rotatable bonds is 2. The van der Waals surface area contributed by atoms with Gasteiger partial charge in [-0.1, -0.05) is 11.6 Å². The number of hydrogen-bond donors (Lipinski definition) is 1. The van der Waals surface area contributed by atoms with Gasteiger partial charge in [0.2, 0.25) is 0 Å². The highest BCUT2D eigenvalue weighted by molar-refractivity contribution is 6.30. The molecule has 0 bridgehead atoms. The van der Waals surface area contributed by atoms with E-state index in [0.29, 0.717) is 6.10 Å². The van der Waals surface area contributed by atoms with Gasteiger partial charge in [0.1, 0.15) is 11.9 Å². The van der Waals surface area contributed by atoms with Gasteiger partial charge < -0.3 is 10.1 Å². The lowest BCUT2D eigenvalue weighted by Gasteiger charge is -2.21. The SMILES string of the molecule is Clc1ccc2c(c1)CC(CN1CC3CNCC3C1)O2. The van der Waals surface area contributed by atoms with Gasteiger partial charge in [0.15, 0.2) is 0 Å². The van der Waals surface area contributed by atoms with Crippen molar-refractivity contribution >= 4 is 11.6 Å². The Bertz CT molecular complexity index is 481. The maximum Gasteiger partial charge on any atom is 0.123 e. The summed E-state index contributed by atoms with van der Waals surface area (Å²) in [4.78, 5) is 2.58. The molecule has 3 heterocycles. The van der Waals surface area contributed by atoms with E-state index in [1.54, 1.807) is 0 Å². The van der Waals surface area contributed by atoms with Crippen LogP contribution in [0, 0.1) is 11.8 Å². The van der Waals surface area contributed by atoms with Crippen LogP contribution in [0.15, 0.2) is 18.2 Å². The van der Waals surface area contributed by atoms with Gasteiger partial charge in [-0.25, -0.2) is 0 Å². The topological polar surface area (TPSA) is 24.5 Å². The van der Waals surface area contributed by atoms with Crippen molar-refractivity contribution in [1.82, 2.24) is 10.2 Å². The molecule has 4 heteroatoms. The Morgan fingerprint density at radius 3 is 2.84 bits per heavy atom. The summed E-state index contributed by atoms with van der Waals surface area (Å²) in [6.45, 7) is 5.91. The molecule has 3 aliphatic rings. The zero-order valence-corrected chi connectivity index (χ0v) is 11.7. The molecule has 0 radical (unpaired) electrons. The molecule has 0 spiro atoms. The third-order valence-electron chi connectivity index (χ3n) is 4.69. The molecule has 1 N–H and O–H groups in total. The van der Waals surface area contributed by atoms with Crippen LogP contribution in [0.2, 0.25) is 5.02 Å². The molecule has 3 unspecified atom stereocenters. The molecule has 102 valence electrons. The Hall–Kier alpha value is -0.770. The van der Waals surface area contributed by atoms with Crippen LogP contribution in [-0.2, 0) is 6.42 Å². The lowest BCUT2D eigenvalue weighted by molar-refractivity contribution is 0.162. The van der Waals surface area contributed by atoms with Crippen molar-refractivity contribution in [3.63, 3.8) is 0 Å². The molecule has 0 saturated carbocycles. The van der Waals surface area contributed by atoms with Gasteiger partial charge in [-0.2, -0.15) is 0 Å². The second-order valence-electron chi connectivity index (χ2n) is 6.09. The van der Waals surface area contributed by atoms with Gasteiger partial charge in [0.05, 0.1) is 0 Å². The molecule has 2 saturated heterocycles. The minimum atomic E-state index is 0.306. The van der Waals surface area contributed by atoms with Crippen LogP contribution >= 0.6 is 11.6 Å². The van der Waals surface area contributed by atoms with Gasteiger partial charge in [-0.05, 0) is 48.7 Å². The van der Waals surface area contributed by atoms with E-state index >= 15 is 0 Å². The normalized spacial score (nSPS) is 33.2. The lowest BCUT2D eigenvalue weighted by Crippen LogP contribution is -2.35. The summed E-state index contributed by atoms with van der Waals surface area (Å²) in [6.07, 6.45) is 1.31. The molecule has 3 nitrogen and oxygen atoms in total. The summed E-state index contributed by atoms with van der Waals surface area (Å²) in [6, 6.07) is 5.95. The van der Waals surface area contributed by atoms with E-state index in [2.05, 4.69) is 10.2 Å². The Labute approximate surface area is 118 Å². The molecule has 0 aliphatic carbocycles. The predicted octanol–water partition coefficient (Wildman–Crippen LogP) is 1.79. The molecular formula is C15H19ClN2O. The summed E-state index contributed by atoms with van der Waals surface area (Å²) in [5, 5.41) is 4.30. The second-order valence-corrected chi connectivity index (χ2v) is 6.53. The number of halogens is 1. The van der Waals surface area contributed by atoms with E-state index in [4.69, 9.17) is 16.3 Å². The quantitative estimate of drug-likeness (QED) is 0.893. The smallest absolute Gasteiger partial charge is 0.123 e. The van der Waals surface area contributed by atoms with E-state index in [1.807, 2.05) is 18.2 Å². The summed E-state index contributed by atoms with van der Waals surface area (Å²) in [5.74, 6) is 2.74. The fraction of sp³-hybridized carbons (Fsp3) is 0.600. The Morgan fingerprint density at radius 1 is 1.26 bits per heavy atom. The van der Waals surface area contributed by atoms with E-state index in [9.17, 15) is 0 Å². The third kappa shape index (κ3) is 2.24. The molecule has 2 fully saturated rings. The van der Waals surface area contributed by atoms with Crippen LogP contribution in [0.1, 0.15) is 5.56 Å². The number of nitrogens with one attached hydrogen (secondary N) is 1. The highest BCUT2D eigenvalue weighted by Gasteiger charge is 2.37. The number of ether oxygens (including phenoxy) is 1. The van der Waals surface area contributed by atoms with Crippen molar-refractivity contribution in [1.29, 1.82) is 0 Å². The standard InChI is InChI=1S/C15H19ClN2O/c16-13-1-2-15-10(3-13)4-14(19-15)9-18-7-11-5-17-6-12(11)8-18/h1-3,11-12,14,17H,4-9H2. The van der Waals surface area contributed by atoms with Gasteiger partial charge in [0, 0.05) is 31.1 Å². The van der Waals surface area contributed by atoms with Crippen LogP contribution in [0.5, 0.6) is 5.75 Å². The zero-order chi connectivity index (χ0) is 12.8. The number of likely N-dealkylation sites (tertiary alicyclic amines) is 1. The zero-order valence-electron chi connectivity index (χ0n) is 10.9. The Balaban J connectivity index is 1.38. The summed E-state index contributed by atoms with van der Waals surface area (Å²) in [7, 11) is 0. The first-order valence-electron chi connectivity index (χ1n) is 7.16. The number of nitrogens with zero attached hydrogens (tertiary/aromatic N) is 1. The Kier molecular flexibility index (Phi) is 2.94. The monoisotopic (exact) mass is 278 g/mol. The average molecular weight is 279 g/mol. The fourth-order valence-electron chi connectivity index (χ4n) is 3.78. The molecule has 3 aliphatic heterocycles. The van der Waals surface area contributed by atoms with Gasteiger partial charge in [0.25, 0.3) is 0 Å². The predicted molar refractivity (Wildman–Crippen MR) is 75.9 cm³/mol. The number of benzene rings is 1. The molecule has 0 aromatic heterocycles. The molecule has 1 aromatic carbocycles.